The Hall–Kier alpha value is -3.04. The maximum atomic E-state index is 13.4. The summed E-state index contributed by atoms with van der Waals surface area (Å²) in [6.45, 7) is 0. The van der Waals surface area contributed by atoms with E-state index in [1.54, 1.807) is 0 Å². The number of anilines is 1. The quantitative estimate of drug-likeness (QED) is 0.802. The highest BCUT2D eigenvalue weighted by Gasteiger charge is 2.65. The van der Waals surface area contributed by atoms with Crippen molar-refractivity contribution in [2.24, 2.45) is 0 Å². The normalized spacial score (nSPS) is 14.9. The molecule has 2 aromatic rings. The average molecular weight is 360 g/mol. The summed E-state index contributed by atoms with van der Waals surface area (Å²) in [5, 5.41) is 3.47. The number of hydrogen-bond acceptors (Lipinski definition) is 3. The third-order valence-electron chi connectivity index (χ3n) is 3.19. The fraction of sp³-hybridized carbons (Fsp3) is 0.133. The third-order valence-corrected chi connectivity index (χ3v) is 3.19. The van der Waals surface area contributed by atoms with E-state index in [1.807, 2.05) is 5.32 Å². The Bertz CT molecular complexity index is 800. The van der Waals surface area contributed by atoms with Crippen LogP contribution >= 0.6 is 0 Å². The zero-order chi connectivity index (χ0) is 18.2. The molecule has 2 N–H and O–H groups in total. The Balaban J connectivity index is 1.80. The van der Waals surface area contributed by atoms with E-state index in [1.165, 1.54) is 29.6 Å². The molecule has 0 fully saturated rings. The number of urea groups is 1. The number of para-hydroxylation sites is 2. The fourth-order valence-corrected chi connectivity index (χ4v) is 2.07. The summed E-state index contributed by atoms with van der Waals surface area (Å²) in [6, 6.07) is 6.23. The van der Waals surface area contributed by atoms with Crippen LogP contribution in [-0.2, 0) is 0 Å². The molecule has 10 heteroatoms. The number of carbonyl (C=O) groups excluding carboxylic acids is 1. The van der Waals surface area contributed by atoms with Gasteiger partial charge in [0.2, 0.25) is 0 Å². The van der Waals surface area contributed by atoms with Gasteiger partial charge in [0.05, 0.1) is 0 Å². The first-order valence-corrected chi connectivity index (χ1v) is 6.78. The molecular formula is C15H9F5N2O3. The number of hydrogen-bond donors (Lipinski definition) is 2. The highest BCUT2D eigenvalue weighted by molar-refractivity contribution is 5.89. The predicted octanol–water partition coefficient (Wildman–Crippen LogP) is 3.77. The summed E-state index contributed by atoms with van der Waals surface area (Å²) in [5.74, 6) is -6.32. The smallest absolute Gasteiger partial charge is 0.424 e. The van der Waals surface area contributed by atoms with Crippen molar-refractivity contribution < 1.29 is 36.2 Å². The molecule has 1 aliphatic heterocycles. The number of alkyl halides is 3. The number of ether oxygens (including phenoxy) is 2. The number of carbonyl (C=O) groups is 1. The lowest BCUT2D eigenvalue weighted by molar-refractivity contribution is -0.317. The van der Waals surface area contributed by atoms with Crippen LogP contribution in [0.4, 0.5) is 32.4 Å². The molecule has 1 heterocycles. The molecule has 25 heavy (non-hydrogen) atoms. The van der Waals surface area contributed by atoms with E-state index in [4.69, 9.17) is 9.47 Å². The minimum absolute atomic E-state index is 0.215. The van der Waals surface area contributed by atoms with Crippen molar-refractivity contribution in [1.29, 1.82) is 0 Å². The number of halogens is 5. The van der Waals surface area contributed by atoms with E-state index in [-0.39, 0.29) is 17.2 Å². The average Bonchev–Trinajstić information content (AvgIpc) is 2.90. The second-order valence-electron chi connectivity index (χ2n) is 4.97. The van der Waals surface area contributed by atoms with Gasteiger partial charge in [-0.15, -0.1) is 0 Å². The topological polar surface area (TPSA) is 59.6 Å². The Morgan fingerprint density at radius 2 is 1.56 bits per heavy atom. The van der Waals surface area contributed by atoms with Crippen molar-refractivity contribution in [1.82, 2.24) is 5.32 Å². The molecule has 0 unspecified atom stereocenters. The van der Waals surface area contributed by atoms with Crippen LogP contribution in [0.25, 0.3) is 0 Å². The van der Waals surface area contributed by atoms with Crippen molar-refractivity contribution in [2.75, 3.05) is 5.32 Å². The maximum Gasteiger partial charge on any atom is 0.492 e. The summed E-state index contributed by atoms with van der Waals surface area (Å²) >= 11 is 0. The predicted molar refractivity (Wildman–Crippen MR) is 75.0 cm³/mol. The summed E-state index contributed by atoms with van der Waals surface area (Å²) in [5.41, 5.74) is -0.260. The van der Waals surface area contributed by atoms with Crippen molar-refractivity contribution in [2.45, 2.75) is 12.1 Å². The number of fused-ring (bicyclic) bond motifs is 1. The summed E-state index contributed by atoms with van der Waals surface area (Å²) in [4.78, 5) is 11.9. The van der Waals surface area contributed by atoms with Gasteiger partial charge in [-0.3, -0.25) is 5.32 Å². The molecule has 0 saturated heterocycles. The molecule has 2 aromatic carbocycles. The Morgan fingerprint density at radius 1 is 0.960 bits per heavy atom. The second kappa shape index (κ2) is 5.80. The molecule has 0 aliphatic carbocycles. The number of amides is 2. The van der Waals surface area contributed by atoms with E-state index in [0.29, 0.717) is 12.1 Å². The van der Waals surface area contributed by atoms with Crippen LogP contribution in [0.15, 0.2) is 42.5 Å². The van der Waals surface area contributed by atoms with Crippen LogP contribution in [-0.4, -0.2) is 18.1 Å². The van der Waals surface area contributed by atoms with Gasteiger partial charge in [-0.1, -0.05) is 12.1 Å². The van der Waals surface area contributed by atoms with E-state index in [0.717, 1.165) is 6.07 Å². The first-order chi connectivity index (χ1) is 11.7. The first-order valence-electron chi connectivity index (χ1n) is 6.78. The van der Waals surface area contributed by atoms with E-state index < -0.39 is 29.8 Å². The van der Waals surface area contributed by atoms with Crippen LogP contribution in [0, 0.1) is 11.6 Å². The largest absolute Gasteiger partial charge is 0.492 e. The minimum Gasteiger partial charge on any atom is -0.424 e. The lowest BCUT2D eigenvalue weighted by Crippen LogP contribution is -2.65. The van der Waals surface area contributed by atoms with Crippen molar-refractivity contribution >= 4 is 11.7 Å². The standard InChI is InChI=1S/C15H9F5N2O3/c16-9-6-5-8(7-10(9)17)21-13(23)22-15(14(18,19)20)24-11-3-1-2-4-12(11)25-15/h1-7H,(H2,21,22,23). The van der Waals surface area contributed by atoms with Crippen molar-refractivity contribution in [3.05, 3.63) is 54.1 Å². The zero-order valence-corrected chi connectivity index (χ0v) is 12.2. The monoisotopic (exact) mass is 360 g/mol. The molecule has 0 saturated carbocycles. The van der Waals surface area contributed by atoms with Gasteiger partial charge in [0.15, 0.2) is 23.1 Å². The highest BCUT2D eigenvalue weighted by atomic mass is 19.4. The van der Waals surface area contributed by atoms with E-state index in [9.17, 15) is 26.7 Å². The first kappa shape index (κ1) is 16.8. The Morgan fingerprint density at radius 3 is 2.08 bits per heavy atom. The molecule has 3 rings (SSSR count). The molecule has 0 atom stereocenters. The van der Waals surface area contributed by atoms with Gasteiger partial charge in [-0.25, -0.2) is 13.6 Å². The SMILES string of the molecule is O=C(Nc1ccc(F)c(F)c1)NC1(C(F)(F)F)Oc2ccccc2O1. The highest BCUT2D eigenvalue weighted by Crippen LogP contribution is 2.44. The van der Waals surface area contributed by atoms with Crippen LogP contribution in [0.1, 0.15) is 0 Å². The van der Waals surface area contributed by atoms with Gasteiger partial charge < -0.3 is 14.8 Å². The Labute approximate surface area is 137 Å². The van der Waals surface area contributed by atoms with Crippen LogP contribution < -0.4 is 20.1 Å². The molecule has 132 valence electrons. The minimum atomic E-state index is -5.13. The number of nitrogens with one attached hydrogen (secondary N) is 2. The molecule has 0 bridgehead atoms. The molecule has 5 nitrogen and oxygen atoms in total. The van der Waals surface area contributed by atoms with Gasteiger partial charge >= 0.3 is 18.1 Å². The van der Waals surface area contributed by atoms with Gasteiger partial charge in [0.25, 0.3) is 0 Å². The van der Waals surface area contributed by atoms with Crippen LogP contribution in [0.3, 0.4) is 0 Å². The molecule has 0 radical (unpaired) electrons. The van der Waals surface area contributed by atoms with Crippen LogP contribution in [0.2, 0.25) is 0 Å². The summed E-state index contributed by atoms with van der Waals surface area (Å²) < 4.78 is 75.6. The lowest BCUT2D eigenvalue weighted by atomic mass is 10.3. The number of benzene rings is 2. The maximum absolute atomic E-state index is 13.4. The van der Waals surface area contributed by atoms with E-state index >= 15 is 0 Å². The van der Waals surface area contributed by atoms with Crippen molar-refractivity contribution in [3.8, 4) is 11.5 Å². The van der Waals surface area contributed by atoms with E-state index in [2.05, 4.69) is 0 Å². The third kappa shape index (κ3) is 3.14. The van der Waals surface area contributed by atoms with Gasteiger partial charge in [0, 0.05) is 11.8 Å². The van der Waals surface area contributed by atoms with Gasteiger partial charge in [0.1, 0.15) is 0 Å². The molecule has 0 aromatic heterocycles. The Kier molecular flexibility index (Phi) is 3.90. The second-order valence-corrected chi connectivity index (χ2v) is 4.97. The molecule has 2 amide bonds. The molecule has 1 aliphatic rings. The number of rotatable bonds is 2. The molecule has 0 spiro atoms. The van der Waals surface area contributed by atoms with Crippen LogP contribution in [0.5, 0.6) is 11.5 Å². The van der Waals surface area contributed by atoms with Gasteiger partial charge in [-0.05, 0) is 24.3 Å². The van der Waals surface area contributed by atoms with Crippen molar-refractivity contribution in [3.63, 3.8) is 0 Å². The summed E-state index contributed by atoms with van der Waals surface area (Å²) in [7, 11) is 0. The summed E-state index contributed by atoms with van der Waals surface area (Å²) in [6.07, 6.45) is -5.13. The van der Waals surface area contributed by atoms with Gasteiger partial charge in [-0.2, -0.15) is 13.2 Å². The zero-order valence-electron chi connectivity index (χ0n) is 12.2. The lowest BCUT2D eigenvalue weighted by Gasteiger charge is -2.29. The molecular weight excluding hydrogens is 351 g/mol. The fourth-order valence-electron chi connectivity index (χ4n) is 2.07.